The zero-order chi connectivity index (χ0) is 17.6. The molecule has 3 heterocycles. The van der Waals surface area contributed by atoms with E-state index in [4.69, 9.17) is 0 Å². The Hall–Kier alpha value is -0.951. The molecule has 0 nitrogen and oxygen atoms in total. The molecule has 3 aromatic rings. The fourth-order valence-corrected chi connectivity index (χ4v) is 14.3. The van der Waals surface area contributed by atoms with Crippen LogP contribution in [0.1, 0.15) is 35.4 Å². The Morgan fingerprint density at radius 2 is 1.23 bits per heavy atom. The molecule has 1 aliphatic heterocycles. The summed E-state index contributed by atoms with van der Waals surface area (Å²) in [5, 5.41) is 9.17. The second-order valence-corrected chi connectivity index (χ2v) is 14.7. The number of hydrogen-bond acceptors (Lipinski definition) is 2. The Bertz CT molecular complexity index is 977. The van der Waals surface area contributed by atoms with E-state index < -0.39 is 5.51 Å². The van der Waals surface area contributed by atoms with E-state index >= 15 is 0 Å². The van der Waals surface area contributed by atoms with Gasteiger partial charge >= 0.3 is 171 Å². The SMILES string of the molecule is [Se]=P1(c2ccccc2)C(c2cccs2)=C2CCCCC2=C1c1cccs1. The molecule has 2 aliphatic rings. The molecule has 5 rings (SSSR count). The van der Waals surface area contributed by atoms with Crippen LogP contribution in [0.4, 0.5) is 0 Å². The predicted molar refractivity (Wildman–Crippen MR) is 120 cm³/mol. The van der Waals surface area contributed by atoms with Gasteiger partial charge in [-0.3, -0.25) is 0 Å². The van der Waals surface area contributed by atoms with Crippen LogP contribution in [0.15, 0.2) is 76.5 Å². The average molecular weight is 457 g/mol. The third kappa shape index (κ3) is 2.57. The summed E-state index contributed by atoms with van der Waals surface area (Å²) in [6, 6.07) is 20.3. The minimum absolute atomic E-state index is 1.23. The van der Waals surface area contributed by atoms with E-state index in [0.717, 1.165) is 0 Å². The average Bonchev–Trinajstić information content (AvgIpc) is 3.41. The molecule has 0 atom stereocenters. The van der Waals surface area contributed by atoms with Gasteiger partial charge in [-0.25, -0.2) is 0 Å². The zero-order valence-corrected chi connectivity index (χ0v) is 18.6. The number of allylic oxidation sites excluding steroid dienone is 2. The second-order valence-electron chi connectivity index (χ2n) is 6.76. The first kappa shape index (κ1) is 17.2. The summed E-state index contributed by atoms with van der Waals surface area (Å²) in [7, 11) is 0. The van der Waals surface area contributed by atoms with Crippen LogP contribution < -0.4 is 5.30 Å². The van der Waals surface area contributed by atoms with Crippen LogP contribution in [0.5, 0.6) is 0 Å². The topological polar surface area (TPSA) is 0 Å². The third-order valence-corrected chi connectivity index (χ3v) is 14.3. The monoisotopic (exact) mass is 458 g/mol. The van der Waals surface area contributed by atoms with E-state index in [9.17, 15) is 0 Å². The molecule has 26 heavy (non-hydrogen) atoms. The maximum absolute atomic E-state index is 3.81. The van der Waals surface area contributed by atoms with Crippen LogP contribution in [0.3, 0.4) is 0 Å². The van der Waals surface area contributed by atoms with Crippen LogP contribution in [0.2, 0.25) is 0 Å². The van der Waals surface area contributed by atoms with Crippen molar-refractivity contribution in [2.45, 2.75) is 25.7 Å². The van der Waals surface area contributed by atoms with Gasteiger partial charge in [-0.2, -0.15) is 0 Å². The maximum atomic E-state index is 3.81. The molecule has 1 aromatic carbocycles. The first-order valence-electron chi connectivity index (χ1n) is 9.01. The molecular weight excluding hydrogens is 438 g/mol. The molecule has 1 saturated carbocycles. The fraction of sp³-hybridized carbons (Fsp3) is 0.182. The molecule has 0 spiro atoms. The number of rotatable bonds is 3. The zero-order valence-electron chi connectivity index (χ0n) is 14.4. The third-order valence-electron chi connectivity index (χ3n) is 5.30. The van der Waals surface area contributed by atoms with Gasteiger partial charge in [-0.1, -0.05) is 0 Å². The van der Waals surface area contributed by atoms with Crippen LogP contribution in [-0.2, 0) is 0 Å². The quantitative estimate of drug-likeness (QED) is 0.295. The Balaban J connectivity index is 1.86. The molecule has 0 N–H and O–H groups in total. The van der Waals surface area contributed by atoms with Crippen molar-refractivity contribution in [3.8, 4) is 0 Å². The van der Waals surface area contributed by atoms with E-state index in [1.165, 1.54) is 40.7 Å². The predicted octanol–water partition coefficient (Wildman–Crippen LogP) is 6.95. The van der Waals surface area contributed by atoms with Crippen LogP contribution in [0.25, 0.3) is 10.6 Å². The first-order chi connectivity index (χ1) is 12.8. The van der Waals surface area contributed by atoms with Crippen molar-refractivity contribution in [1.29, 1.82) is 0 Å². The standard InChI is InChI=1S/C22H19PS2Se/c26-23(16-8-2-1-3-9-16)21(19-12-6-14-24-19)17-10-4-5-11-18(17)22(23)20-13-7-15-25-20/h1-3,6-9,12-15H,4-5,10-11H2. The summed E-state index contributed by atoms with van der Waals surface area (Å²) < 4.78 is 0. The number of hydrogen-bond donors (Lipinski definition) is 0. The Morgan fingerprint density at radius 3 is 1.69 bits per heavy atom. The van der Waals surface area contributed by atoms with E-state index in [2.05, 4.69) is 80.5 Å². The second kappa shape index (κ2) is 6.89. The van der Waals surface area contributed by atoms with Crippen LogP contribution >= 0.6 is 28.2 Å². The molecule has 130 valence electrons. The molecule has 1 aliphatic carbocycles. The Morgan fingerprint density at radius 1 is 0.692 bits per heavy atom. The Kier molecular flexibility index (Phi) is 4.55. The van der Waals surface area contributed by atoms with E-state index in [1.807, 2.05) is 22.7 Å². The van der Waals surface area contributed by atoms with Crippen molar-refractivity contribution in [3.63, 3.8) is 0 Å². The van der Waals surface area contributed by atoms with Crippen molar-refractivity contribution < 1.29 is 0 Å². The van der Waals surface area contributed by atoms with Gasteiger partial charge < -0.3 is 0 Å². The van der Waals surface area contributed by atoms with E-state index in [1.54, 1.807) is 21.8 Å². The summed E-state index contributed by atoms with van der Waals surface area (Å²) in [6.07, 6.45) is 5.10. The molecule has 0 radical (unpaired) electrons. The van der Waals surface area contributed by atoms with Gasteiger partial charge in [0.25, 0.3) is 0 Å². The normalized spacial score (nSPS) is 19.1. The van der Waals surface area contributed by atoms with E-state index in [-0.39, 0.29) is 0 Å². The molecule has 0 saturated heterocycles. The minimum atomic E-state index is -1.72. The number of thiophene rings is 2. The summed E-state index contributed by atoms with van der Waals surface area (Å²) in [5.41, 5.74) is 1.58. The van der Waals surface area contributed by atoms with E-state index in [0.29, 0.717) is 0 Å². The van der Waals surface area contributed by atoms with Gasteiger partial charge in [-0.05, 0) is 0 Å². The molecule has 1 fully saturated rings. The molecule has 4 heteroatoms. The van der Waals surface area contributed by atoms with Crippen LogP contribution in [-0.4, -0.2) is 15.1 Å². The summed E-state index contributed by atoms with van der Waals surface area (Å²) in [6.45, 7) is 0. The van der Waals surface area contributed by atoms with Crippen molar-refractivity contribution in [1.82, 2.24) is 0 Å². The van der Waals surface area contributed by atoms with Gasteiger partial charge in [-0.15, -0.1) is 0 Å². The molecular formula is C22H19PS2Se. The summed E-state index contributed by atoms with van der Waals surface area (Å²) in [5.74, 6) is 0. The molecule has 2 aromatic heterocycles. The number of benzene rings is 1. The van der Waals surface area contributed by atoms with Gasteiger partial charge in [0.2, 0.25) is 0 Å². The Labute approximate surface area is 170 Å². The summed E-state index contributed by atoms with van der Waals surface area (Å²) >= 11 is 7.61. The van der Waals surface area contributed by atoms with Crippen molar-refractivity contribution in [2.24, 2.45) is 0 Å². The van der Waals surface area contributed by atoms with Crippen LogP contribution in [0, 0.1) is 0 Å². The molecule has 0 unspecified atom stereocenters. The molecule has 0 amide bonds. The first-order valence-corrected chi connectivity index (χ1v) is 14.8. The van der Waals surface area contributed by atoms with Gasteiger partial charge in [0.05, 0.1) is 0 Å². The van der Waals surface area contributed by atoms with Crippen molar-refractivity contribution >= 4 is 59.2 Å². The van der Waals surface area contributed by atoms with Gasteiger partial charge in [0, 0.05) is 0 Å². The molecule has 0 bridgehead atoms. The van der Waals surface area contributed by atoms with Crippen molar-refractivity contribution in [2.75, 3.05) is 0 Å². The summed E-state index contributed by atoms with van der Waals surface area (Å²) in [4.78, 5) is 2.92. The van der Waals surface area contributed by atoms with Gasteiger partial charge in [0.15, 0.2) is 0 Å². The van der Waals surface area contributed by atoms with Crippen molar-refractivity contribution in [3.05, 3.63) is 86.3 Å². The van der Waals surface area contributed by atoms with Gasteiger partial charge in [0.1, 0.15) is 0 Å². The fourth-order valence-electron chi connectivity index (χ4n) is 4.25. The number of fused-ring (bicyclic) bond motifs is 1.